The van der Waals surface area contributed by atoms with Crippen molar-refractivity contribution in [3.05, 3.63) is 32.2 Å². The van der Waals surface area contributed by atoms with Crippen LogP contribution in [-0.2, 0) is 13.6 Å². The van der Waals surface area contributed by atoms with Crippen molar-refractivity contribution in [1.82, 2.24) is 24.9 Å². The van der Waals surface area contributed by atoms with Crippen molar-refractivity contribution in [3.63, 3.8) is 0 Å². The Hall–Kier alpha value is -1.15. The van der Waals surface area contributed by atoms with Gasteiger partial charge in [-0.05, 0) is 52.1 Å². The Labute approximate surface area is 140 Å². The van der Waals surface area contributed by atoms with E-state index in [4.69, 9.17) is 0 Å². The predicted octanol–water partition coefficient (Wildman–Crippen LogP) is 2.58. The van der Waals surface area contributed by atoms with Crippen molar-refractivity contribution in [1.29, 1.82) is 0 Å². The Kier molecular flexibility index (Phi) is 5.21. The van der Waals surface area contributed by atoms with E-state index in [2.05, 4.69) is 47.4 Å². The molecule has 6 nitrogen and oxygen atoms in total. The molecule has 2 aromatic rings. The molecule has 0 atom stereocenters. The summed E-state index contributed by atoms with van der Waals surface area (Å²) in [7, 11) is 1.78. The smallest absolute Gasteiger partial charge is 0.272 e. The molecule has 0 radical (unpaired) electrons. The summed E-state index contributed by atoms with van der Waals surface area (Å²) < 4.78 is 5.29. The molecule has 0 bridgehead atoms. The van der Waals surface area contributed by atoms with E-state index in [1.807, 2.05) is 18.5 Å². The molecular formula is C13H17Br2N5O. The fourth-order valence-corrected chi connectivity index (χ4v) is 2.86. The molecule has 21 heavy (non-hydrogen) atoms. The number of carbonyl (C=O) groups is 1. The fourth-order valence-electron chi connectivity index (χ4n) is 2.02. The van der Waals surface area contributed by atoms with Crippen molar-refractivity contribution >= 4 is 37.8 Å². The fraction of sp³-hybridized carbons (Fsp3) is 0.462. The number of nitrogens with one attached hydrogen (secondary N) is 1. The van der Waals surface area contributed by atoms with Gasteiger partial charge in [-0.15, -0.1) is 0 Å². The van der Waals surface area contributed by atoms with Gasteiger partial charge >= 0.3 is 0 Å². The third-order valence-corrected chi connectivity index (χ3v) is 4.85. The molecule has 0 saturated heterocycles. The standard InChI is InChI=1S/C13H17Br2N5O/c1-8-11(15)9(2)20(17-8)6-4-5-16-13(21)12-10(14)7-19(3)18-12/h7H,4-6H2,1-3H3,(H,16,21). The van der Waals surface area contributed by atoms with Gasteiger partial charge in [0.1, 0.15) is 0 Å². The number of hydrogen-bond donors (Lipinski definition) is 1. The third kappa shape index (κ3) is 3.74. The Balaban J connectivity index is 1.83. The minimum Gasteiger partial charge on any atom is -0.351 e. The molecule has 0 aromatic carbocycles. The molecule has 8 heteroatoms. The number of hydrogen-bond acceptors (Lipinski definition) is 3. The van der Waals surface area contributed by atoms with Crippen molar-refractivity contribution in [2.45, 2.75) is 26.8 Å². The molecule has 1 amide bonds. The number of aryl methyl sites for hydroxylation is 3. The Bertz CT molecular complexity index is 662. The Morgan fingerprint density at radius 3 is 2.57 bits per heavy atom. The van der Waals surface area contributed by atoms with Crippen molar-refractivity contribution < 1.29 is 4.79 Å². The van der Waals surface area contributed by atoms with Crippen LogP contribution in [-0.4, -0.2) is 32.0 Å². The minimum atomic E-state index is -0.169. The highest BCUT2D eigenvalue weighted by atomic mass is 79.9. The van der Waals surface area contributed by atoms with Crippen LogP contribution in [0.3, 0.4) is 0 Å². The summed E-state index contributed by atoms with van der Waals surface area (Å²) >= 11 is 6.82. The van der Waals surface area contributed by atoms with Crippen LogP contribution < -0.4 is 5.32 Å². The molecule has 114 valence electrons. The first-order chi connectivity index (χ1) is 9.90. The second kappa shape index (κ2) is 6.74. The van der Waals surface area contributed by atoms with Crippen molar-refractivity contribution in [3.8, 4) is 0 Å². The normalized spacial score (nSPS) is 10.9. The number of rotatable bonds is 5. The molecule has 0 unspecified atom stereocenters. The summed E-state index contributed by atoms with van der Waals surface area (Å²) in [5, 5.41) is 11.4. The van der Waals surface area contributed by atoms with Gasteiger partial charge in [-0.25, -0.2) is 0 Å². The van der Waals surface area contributed by atoms with Crippen LogP contribution in [0.15, 0.2) is 15.1 Å². The molecule has 0 spiro atoms. The summed E-state index contributed by atoms with van der Waals surface area (Å²) in [4.78, 5) is 12.0. The van der Waals surface area contributed by atoms with E-state index in [1.165, 1.54) is 0 Å². The Morgan fingerprint density at radius 1 is 1.33 bits per heavy atom. The zero-order chi connectivity index (χ0) is 15.6. The topological polar surface area (TPSA) is 64.7 Å². The number of aromatic nitrogens is 4. The van der Waals surface area contributed by atoms with Gasteiger partial charge in [-0.3, -0.25) is 14.2 Å². The number of carbonyl (C=O) groups excluding carboxylic acids is 1. The summed E-state index contributed by atoms with van der Waals surface area (Å²) in [5.41, 5.74) is 2.49. The van der Waals surface area contributed by atoms with Gasteiger partial charge in [0.25, 0.3) is 5.91 Å². The number of nitrogens with zero attached hydrogens (tertiary/aromatic N) is 4. The second-order valence-corrected chi connectivity index (χ2v) is 6.46. The summed E-state index contributed by atoms with van der Waals surface area (Å²) in [6, 6.07) is 0. The van der Waals surface area contributed by atoms with Gasteiger partial charge < -0.3 is 5.32 Å². The van der Waals surface area contributed by atoms with Crippen LogP contribution in [0.5, 0.6) is 0 Å². The quantitative estimate of drug-likeness (QED) is 0.759. The maximum atomic E-state index is 12.0. The predicted molar refractivity (Wildman–Crippen MR) is 87.3 cm³/mol. The number of amides is 1. The first-order valence-electron chi connectivity index (χ1n) is 6.57. The molecule has 0 aliphatic carbocycles. The van der Waals surface area contributed by atoms with Crippen LogP contribution in [0, 0.1) is 13.8 Å². The zero-order valence-corrected chi connectivity index (χ0v) is 15.3. The summed E-state index contributed by atoms with van der Waals surface area (Å²) in [6.07, 6.45) is 2.56. The SMILES string of the molecule is Cc1nn(CCCNC(=O)c2nn(C)cc2Br)c(C)c1Br. The maximum absolute atomic E-state index is 12.0. The average molecular weight is 419 g/mol. The van der Waals surface area contributed by atoms with Crippen LogP contribution in [0.25, 0.3) is 0 Å². The largest absolute Gasteiger partial charge is 0.351 e. The highest BCUT2D eigenvalue weighted by Crippen LogP contribution is 2.19. The highest BCUT2D eigenvalue weighted by molar-refractivity contribution is 9.10. The van der Waals surface area contributed by atoms with Crippen molar-refractivity contribution in [2.24, 2.45) is 7.05 Å². The lowest BCUT2D eigenvalue weighted by molar-refractivity contribution is 0.0946. The Morgan fingerprint density at radius 2 is 2.05 bits per heavy atom. The van der Waals surface area contributed by atoms with Crippen LogP contribution in [0.1, 0.15) is 28.3 Å². The van der Waals surface area contributed by atoms with Crippen LogP contribution in [0.4, 0.5) is 0 Å². The van der Waals surface area contributed by atoms with Crippen LogP contribution in [0.2, 0.25) is 0 Å². The zero-order valence-electron chi connectivity index (χ0n) is 12.2. The number of halogens is 2. The summed E-state index contributed by atoms with van der Waals surface area (Å²) in [6.45, 7) is 5.33. The van der Waals surface area contributed by atoms with E-state index in [9.17, 15) is 4.79 Å². The van der Waals surface area contributed by atoms with E-state index in [0.717, 1.165) is 28.8 Å². The van der Waals surface area contributed by atoms with E-state index in [-0.39, 0.29) is 5.91 Å². The first-order valence-corrected chi connectivity index (χ1v) is 8.15. The van der Waals surface area contributed by atoms with Gasteiger partial charge in [0, 0.05) is 32.0 Å². The summed E-state index contributed by atoms with van der Waals surface area (Å²) in [5.74, 6) is -0.169. The maximum Gasteiger partial charge on any atom is 0.272 e. The molecule has 0 aliphatic rings. The van der Waals surface area contributed by atoms with Gasteiger partial charge in [0.05, 0.1) is 14.6 Å². The molecule has 2 heterocycles. The average Bonchev–Trinajstić information content (AvgIpc) is 2.89. The van der Waals surface area contributed by atoms with E-state index in [0.29, 0.717) is 16.7 Å². The monoisotopic (exact) mass is 417 g/mol. The minimum absolute atomic E-state index is 0.169. The molecular weight excluding hydrogens is 402 g/mol. The highest BCUT2D eigenvalue weighted by Gasteiger charge is 2.14. The van der Waals surface area contributed by atoms with Crippen molar-refractivity contribution in [2.75, 3.05) is 6.54 Å². The van der Waals surface area contributed by atoms with Crippen LogP contribution >= 0.6 is 31.9 Å². The third-order valence-electron chi connectivity index (χ3n) is 3.12. The molecule has 0 saturated carbocycles. The van der Waals surface area contributed by atoms with E-state index < -0.39 is 0 Å². The first kappa shape index (κ1) is 16.2. The molecule has 0 aliphatic heterocycles. The lowest BCUT2D eigenvalue weighted by atomic mass is 10.3. The molecule has 2 rings (SSSR count). The van der Waals surface area contributed by atoms with Gasteiger partial charge in [-0.1, -0.05) is 0 Å². The van der Waals surface area contributed by atoms with Gasteiger partial charge in [0.15, 0.2) is 5.69 Å². The van der Waals surface area contributed by atoms with E-state index in [1.54, 1.807) is 17.9 Å². The molecule has 0 fully saturated rings. The molecule has 1 N–H and O–H groups in total. The second-order valence-electron chi connectivity index (χ2n) is 4.82. The lowest BCUT2D eigenvalue weighted by Crippen LogP contribution is -2.26. The van der Waals surface area contributed by atoms with Gasteiger partial charge in [0.2, 0.25) is 0 Å². The van der Waals surface area contributed by atoms with Gasteiger partial charge in [-0.2, -0.15) is 10.2 Å². The molecule has 2 aromatic heterocycles. The van der Waals surface area contributed by atoms with E-state index >= 15 is 0 Å². The lowest BCUT2D eigenvalue weighted by Gasteiger charge is -2.06.